The van der Waals surface area contributed by atoms with E-state index in [0.29, 0.717) is 11.4 Å². The summed E-state index contributed by atoms with van der Waals surface area (Å²) in [6.45, 7) is 0.528. The lowest BCUT2D eigenvalue weighted by Gasteiger charge is -2.06. The van der Waals surface area contributed by atoms with Crippen molar-refractivity contribution in [3.63, 3.8) is 0 Å². The number of carbonyl (C=O) groups is 2. The highest BCUT2D eigenvalue weighted by Gasteiger charge is 2.09. The van der Waals surface area contributed by atoms with E-state index in [1.54, 1.807) is 12.1 Å². The van der Waals surface area contributed by atoms with Crippen LogP contribution in [0, 0.1) is 0 Å². The summed E-state index contributed by atoms with van der Waals surface area (Å²) >= 11 is 1.35. The Hall–Kier alpha value is -2.60. The number of amides is 2. The molecule has 5 nitrogen and oxygen atoms in total. The van der Waals surface area contributed by atoms with Gasteiger partial charge in [0.05, 0.1) is 11.4 Å². The minimum atomic E-state index is -0.216. The number of hydrogen-bond donors (Lipinski definition) is 3. The third kappa shape index (κ3) is 3.78. The Labute approximate surface area is 137 Å². The first kappa shape index (κ1) is 15.3. The van der Waals surface area contributed by atoms with E-state index >= 15 is 0 Å². The van der Waals surface area contributed by atoms with E-state index in [0.717, 1.165) is 11.9 Å². The monoisotopic (exact) mass is 327 g/mol. The summed E-state index contributed by atoms with van der Waals surface area (Å²) in [6.07, 6.45) is 2.71. The summed E-state index contributed by atoms with van der Waals surface area (Å²) in [5.41, 5.74) is 2.26. The molecule has 0 saturated heterocycles. The summed E-state index contributed by atoms with van der Waals surface area (Å²) in [7, 11) is 0. The number of fused-ring (bicyclic) bond motifs is 1. The molecule has 0 fully saturated rings. The molecule has 0 unspecified atom stereocenters. The van der Waals surface area contributed by atoms with Crippen LogP contribution < -0.4 is 10.6 Å². The Morgan fingerprint density at radius 3 is 2.78 bits per heavy atom. The van der Waals surface area contributed by atoms with Crippen LogP contribution in [0.2, 0.25) is 0 Å². The fourth-order valence-electron chi connectivity index (χ4n) is 2.39. The Balaban J connectivity index is 1.43. The number of hydrogen-bond acceptors (Lipinski definition) is 3. The normalized spacial score (nSPS) is 10.6. The predicted octanol–water partition coefficient (Wildman–Crippen LogP) is 2.32. The standard InChI is InChI=1S/C17H17N3O2S/c21-16(11-20-17(22)15-6-3-9-23-15)18-8-7-12-10-19-14-5-2-1-4-13(12)14/h1-6,9-10,19H,7-8,11H2,(H,18,21)(H,20,22). The van der Waals surface area contributed by atoms with Crippen LogP contribution in [0.15, 0.2) is 48.0 Å². The van der Waals surface area contributed by atoms with Crippen molar-refractivity contribution >= 4 is 34.1 Å². The van der Waals surface area contributed by atoms with E-state index in [1.165, 1.54) is 22.3 Å². The molecule has 2 amide bonds. The number of H-pyrrole nitrogens is 1. The van der Waals surface area contributed by atoms with Crippen LogP contribution in [-0.4, -0.2) is 29.9 Å². The molecule has 3 rings (SSSR count). The molecular formula is C17H17N3O2S. The SMILES string of the molecule is O=C(CNC(=O)c1cccs1)NCCc1c[nH]c2ccccc12. The topological polar surface area (TPSA) is 74.0 Å². The van der Waals surface area contributed by atoms with Crippen molar-refractivity contribution in [3.05, 3.63) is 58.4 Å². The average molecular weight is 327 g/mol. The average Bonchev–Trinajstić information content (AvgIpc) is 3.23. The zero-order valence-electron chi connectivity index (χ0n) is 12.5. The molecule has 1 aromatic carbocycles. The number of thiophene rings is 1. The number of benzene rings is 1. The first-order valence-electron chi connectivity index (χ1n) is 7.37. The number of rotatable bonds is 6. The molecule has 2 aromatic heterocycles. The van der Waals surface area contributed by atoms with Gasteiger partial charge in [-0.15, -0.1) is 11.3 Å². The molecule has 0 aliphatic heterocycles. The van der Waals surface area contributed by atoms with Crippen LogP contribution in [0.1, 0.15) is 15.2 Å². The summed E-state index contributed by atoms with van der Waals surface area (Å²) in [6, 6.07) is 11.6. The van der Waals surface area contributed by atoms with Crippen LogP contribution in [0.4, 0.5) is 0 Å². The van der Waals surface area contributed by atoms with Gasteiger partial charge in [0.15, 0.2) is 0 Å². The summed E-state index contributed by atoms with van der Waals surface area (Å²) in [5, 5.41) is 8.44. The molecule has 3 N–H and O–H groups in total. The van der Waals surface area contributed by atoms with Crippen LogP contribution >= 0.6 is 11.3 Å². The maximum Gasteiger partial charge on any atom is 0.261 e. The zero-order valence-corrected chi connectivity index (χ0v) is 13.3. The fourth-order valence-corrected chi connectivity index (χ4v) is 3.03. The van der Waals surface area contributed by atoms with Gasteiger partial charge in [-0.1, -0.05) is 24.3 Å². The van der Waals surface area contributed by atoms with Crippen molar-refractivity contribution in [3.8, 4) is 0 Å². The molecule has 0 bridgehead atoms. The van der Waals surface area contributed by atoms with E-state index in [9.17, 15) is 9.59 Å². The molecule has 0 aliphatic carbocycles. The number of aromatic nitrogens is 1. The van der Waals surface area contributed by atoms with Gasteiger partial charge in [0, 0.05) is 23.6 Å². The third-order valence-corrected chi connectivity index (χ3v) is 4.41. The minimum Gasteiger partial charge on any atom is -0.361 e. The molecule has 0 aliphatic rings. The highest BCUT2D eigenvalue weighted by Crippen LogP contribution is 2.17. The maximum absolute atomic E-state index is 11.8. The second-order valence-electron chi connectivity index (χ2n) is 5.12. The highest BCUT2D eigenvalue weighted by molar-refractivity contribution is 7.12. The van der Waals surface area contributed by atoms with Gasteiger partial charge >= 0.3 is 0 Å². The van der Waals surface area contributed by atoms with E-state index in [-0.39, 0.29) is 18.4 Å². The van der Waals surface area contributed by atoms with Crippen molar-refractivity contribution in [2.24, 2.45) is 0 Å². The Morgan fingerprint density at radius 1 is 1.09 bits per heavy atom. The molecule has 0 atom stereocenters. The lowest BCUT2D eigenvalue weighted by Crippen LogP contribution is -2.37. The van der Waals surface area contributed by atoms with Crippen LogP contribution in [0.3, 0.4) is 0 Å². The Bertz CT molecular complexity index is 808. The quantitative estimate of drug-likeness (QED) is 0.650. The van der Waals surface area contributed by atoms with Crippen molar-refractivity contribution in [2.75, 3.05) is 13.1 Å². The smallest absolute Gasteiger partial charge is 0.261 e. The second-order valence-corrected chi connectivity index (χ2v) is 6.07. The summed E-state index contributed by atoms with van der Waals surface area (Å²) in [4.78, 5) is 27.3. The zero-order chi connectivity index (χ0) is 16.1. The first-order valence-corrected chi connectivity index (χ1v) is 8.25. The van der Waals surface area contributed by atoms with Crippen molar-refractivity contribution < 1.29 is 9.59 Å². The number of aromatic amines is 1. The molecule has 2 heterocycles. The molecule has 0 spiro atoms. The largest absolute Gasteiger partial charge is 0.361 e. The molecule has 3 aromatic rings. The van der Waals surface area contributed by atoms with Crippen molar-refractivity contribution in [2.45, 2.75) is 6.42 Å². The van der Waals surface area contributed by atoms with E-state index in [4.69, 9.17) is 0 Å². The number of carbonyl (C=O) groups excluding carboxylic acids is 2. The summed E-state index contributed by atoms with van der Waals surface area (Å²) in [5.74, 6) is -0.401. The molecule has 0 radical (unpaired) electrons. The fraction of sp³-hybridized carbons (Fsp3) is 0.176. The van der Waals surface area contributed by atoms with E-state index in [2.05, 4.69) is 21.7 Å². The van der Waals surface area contributed by atoms with E-state index in [1.807, 2.05) is 29.8 Å². The van der Waals surface area contributed by atoms with Crippen molar-refractivity contribution in [1.82, 2.24) is 15.6 Å². The van der Waals surface area contributed by atoms with Crippen LogP contribution in [0.5, 0.6) is 0 Å². The van der Waals surface area contributed by atoms with Crippen molar-refractivity contribution in [1.29, 1.82) is 0 Å². The molecule has 118 valence electrons. The Kier molecular flexibility index (Phi) is 4.73. The maximum atomic E-state index is 11.8. The van der Waals surface area contributed by atoms with Gasteiger partial charge in [-0.25, -0.2) is 0 Å². The van der Waals surface area contributed by atoms with Gasteiger partial charge in [0.25, 0.3) is 5.91 Å². The predicted molar refractivity (Wildman–Crippen MR) is 91.7 cm³/mol. The van der Waals surface area contributed by atoms with Gasteiger partial charge in [-0.2, -0.15) is 0 Å². The lowest BCUT2D eigenvalue weighted by atomic mass is 10.1. The third-order valence-electron chi connectivity index (χ3n) is 3.55. The van der Waals surface area contributed by atoms with E-state index < -0.39 is 0 Å². The molecule has 6 heteroatoms. The summed E-state index contributed by atoms with van der Waals surface area (Å²) < 4.78 is 0. The van der Waals surface area contributed by atoms with Gasteiger partial charge in [0.2, 0.25) is 5.91 Å². The van der Waals surface area contributed by atoms with Crippen LogP contribution in [-0.2, 0) is 11.2 Å². The minimum absolute atomic E-state index is 0.00931. The van der Waals surface area contributed by atoms with Crippen LogP contribution in [0.25, 0.3) is 10.9 Å². The first-order chi connectivity index (χ1) is 11.2. The highest BCUT2D eigenvalue weighted by atomic mass is 32.1. The lowest BCUT2D eigenvalue weighted by molar-refractivity contribution is -0.120. The molecule has 23 heavy (non-hydrogen) atoms. The van der Waals surface area contributed by atoms with Gasteiger partial charge in [0.1, 0.15) is 0 Å². The number of nitrogens with one attached hydrogen (secondary N) is 3. The number of para-hydroxylation sites is 1. The van der Waals surface area contributed by atoms with Gasteiger partial charge < -0.3 is 15.6 Å². The molecular weight excluding hydrogens is 310 g/mol. The second kappa shape index (κ2) is 7.11. The van der Waals surface area contributed by atoms with Gasteiger partial charge in [-0.3, -0.25) is 9.59 Å². The van der Waals surface area contributed by atoms with Gasteiger partial charge in [-0.05, 0) is 29.5 Å². The Morgan fingerprint density at radius 2 is 1.96 bits per heavy atom. The molecule has 0 saturated carbocycles.